The quantitative estimate of drug-likeness (QED) is 0.309. The number of benzene rings is 3. The monoisotopic (exact) mass is 487 g/mol. The third-order valence-corrected chi connectivity index (χ3v) is 6.80. The molecule has 0 atom stereocenters. The highest BCUT2D eigenvalue weighted by Crippen LogP contribution is 2.30. The average Bonchev–Trinajstić information content (AvgIpc) is 3.22. The van der Waals surface area contributed by atoms with Crippen LogP contribution in [0.25, 0.3) is 10.9 Å². The molecule has 0 saturated carbocycles. The fraction of sp³-hybridized carbons (Fsp3) is 0.214. The first-order chi connectivity index (χ1) is 16.9. The predicted octanol–water partition coefficient (Wildman–Crippen LogP) is 5.43. The van der Waals surface area contributed by atoms with E-state index < -0.39 is 0 Å². The van der Waals surface area contributed by atoms with Crippen LogP contribution in [0.1, 0.15) is 21.5 Å². The molecule has 0 unspecified atom stereocenters. The zero-order valence-corrected chi connectivity index (χ0v) is 20.9. The molecule has 0 saturated heterocycles. The summed E-state index contributed by atoms with van der Waals surface area (Å²) in [4.78, 5) is 26.1. The maximum atomic E-state index is 12.6. The summed E-state index contributed by atoms with van der Waals surface area (Å²) in [6.45, 7) is 5.14. The molecule has 1 aromatic heterocycles. The molecule has 0 aliphatic carbocycles. The van der Waals surface area contributed by atoms with Crippen LogP contribution in [0.3, 0.4) is 0 Å². The first-order valence-electron chi connectivity index (χ1n) is 11.4. The molecule has 6 nitrogen and oxygen atoms in total. The van der Waals surface area contributed by atoms with Gasteiger partial charge in [0.15, 0.2) is 0 Å². The predicted molar refractivity (Wildman–Crippen MR) is 143 cm³/mol. The lowest BCUT2D eigenvalue weighted by molar-refractivity contribution is -0.113. The number of carbonyl (C=O) groups is 2. The Labute approximate surface area is 209 Å². The van der Waals surface area contributed by atoms with Crippen molar-refractivity contribution in [3.63, 3.8) is 0 Å². The minimum Gasteiger partial charge on any atom is -0.497 e. The molecule has 180 valence electrons. The van der Waals surface area contributed by atoms with Gasteiger partial charge in [0.25, 0.3) is 5.91 Å². The first kappa shape index (κ1) is 24.4. The highest BCUT2D eigenvalue weighted by molar-refractivity contribution is 8.00. The maximum absolute atomic E-state index is 12.6. The number of anilines is 1. The van der Waals surface area contributed by atoms with E-state index in [0.717, 1.165) is 27.0 Å². The third kappa shape index (κ3) is 6.05. The Morgan fingerprint density at radius 1 is 1.00 bits per heavy atom. The third-order valence-electron chi connectivity index (χ3n) is 5.76. The van der Waals surface area contributed by atoms with Crippen molar-refractivity contribution >= 4 is 40.2 Å². The fourth-order valence-electron chi connectivity index (χ4n) is 3.93. The van der Waals surface area contributed by atoms with Crippen LogP contribution in [-0.2, 0) is 11.3 Å². The number of fused-ring (bicyclic) bond motifs is 1. The number of thioether (sulfide) groups is 1. The smallest absolute Gasteiger partial charge is 0.251 e. The van der Waals surface area contributed by atoms with Gasteiger partial charge in [-0.05, 0) is 55.8 Å². The van der Waals surface area contributed by atoms with E-state index >= 15 is 0 Å². The number of nitrogens with zero attached hydrogens (tertiary/aromatic N) is 1. The number of rotatable bonds is 9. The van der Waals surface area contributed by atoms with Crippen molar-refractivity contribution in [1.29, 1.82) is 0 Å². The van der Waals surface area contributed by atoms with Crippen molar-refractivity contribution in [3.8, 4) is 5.75 Å². The maximum Gasteiger partial charge on any atom is 0.251 e. The van der Waals surface area contributed by atoms with E-state index in [4.69, 9.17) is 4.74 Å². The molecular weight excluding hydrogens is 458 g/mol. The zero-order chi connectivity index (χ0) is 24.8. The Hall–Kier alpha value is -3.71. The van der Waals surface area contributed by atoms with E-state index in [1.165, 1.54) is 17.3 Å². The second-order valence-electron chi connectivity index (χ2n) is 8.34. The molecule has 2 N–H and O–H groups in total. The van der Waals surface area contributed by atoms with Crippen LogP contribution in [0.15, 0.2) is 77.8 Å². The number of methoxy groups -OCH3 is 1. The van der Waals surface area contributed by atoms with Crippen molar-refractivity contribution in [2.75, 3.05) is 24.7 Å². The molecule has 1 heterocycles. The summed E-state index contributed by atoms with van der Waals surface area (Å²) in [5.41, 5.74) is 4.73. The highest BCUT2D eigenvalue weighted by Gasteiger charge is 2.12. The number of para-hydroxylation sites is 1. The average molecular weight is 488 g/mol. The molecule has 0 spiro atoms. The lowest BCUT2D eigenvalue weighted by Gasteiger charge is -2.09. The Kier molecular flexibility index (Phi) is 7.77. The van der Waals surface area contributed by atoms with E-state index in [9.17, 15) is 9.59 Å². The number of aryl methyl sites for hydroxylation is 2. The van der Waals surface area contributed by atoms with E-state index in [1.807, 2.05) is 38.1 Å². The van der Waals surface area contributed by atoms with Gasteiger partial charge in [0, 0.05) is 46.3 Å². The van der Waals surface area contributed by atoms with Crippen LogP contribution in [0.5, 0.6) is 5.75 Å². The van der Waals surface area contributed by atoms with Crippen molar-refractivity contribution in [1.82, 2.24) is 9.88 Å². The van der Waals surface area contributed by atoms with Crippen molar-refractivity contribution < 1.29 is 14.3 Å². The summed E-state index contributed by atoms with van der Waals surface area (Å²) in [6, 6.07) is 21.1. The Bertz CT molecular complexity index is 1350. The molecule has 4 rings (SSSR count). The van der Waals surface area contributed by atoms with Gasteiger partial charge in [-0.25, -0.2) is 0 Å². The number of amides is 2. The summed E-state index contributed by atoms with van der Waals surface area (Å²) >= 11 is 1.52. The van der Waals surface area contributed by atoms with E-state index in [-0.39, 0.29) is 11.8 Å². The second-order valence-corrected chi connectivity index (χ2v) is 9.36. The van der Waals surface area contributed by atoms with Crippen molar-refractivity contribution in [2.24, 2.45) is 0 Å². The van der Waals surface area contributed by atoms with E-state index in [1.54, 1.807) is 31.4 Å². The lowest BCUT2D eigenvalue weighted by Crippen LogP contribution is -2.27. The number of aromatic nitrogens is 1. The van der Waals surface area contributed by atoms with Gasteiger partial charge in [-0.1, -0.05) is 35.9 Å². The van der Waals surface area contributed by atoms with Gasteiger partial charge < -0.3 is 19.9 Å². The van der Waals surface area contributed by atoms with E-state index in [0.29, 0.717) is 30.2 Å². The molecule has 35 heavy (non-hydrogen) atoms. The molecule has 0 aliphatic rings. The van der Waals surface area contributed by atoms with Gasteiger partial charge in [-0.3, -0.25) is 9.59 Å². The molecule has 4 aromatic rings. The van der Waals surface area contributed by atoms with Crippen LogP contribution < -0.4 is 15.4 Å². The van der Waals surface area contributed by atoms with Gasteiger partial charge in [-0.15, -0.1) is 11.8 Å². The van der Waals surface area contributed by atoms with Gasteiger partial charge in [0.1, 0.15) is 5.75 Å². The number of hydrogen-bond donors (Lipinski definition) is 2. The molecule has 0 radical (unpaired) electrons. The second kappa shape index (κ2) is 11.1. The van der Waals surface area contributed by atoms with Crippen LogP contribution in [-0.4, -0.2) is 35.8 Å². The first-order valence-corrected chi connectivity index (χ1v) is 12.4. The van der Waals surface area contributed by atoms with Crippen LogP contribution >= 0.6 is 11.8 Å². The van der Waals surface area contributed by atoms with Crippen molar-refractivity contribution in [2.45, 2.75) is 25.3 Å². The molecule has 3 aromatic carbocycles. The minimum atomic E-state index is -0.123. The summed E-state index contributed by atoms with van der Waals surface area (Å²) < 4.78 is 7.26. The number of ether oxygens (including phenoxy) is 1. The molecule has 2 amide bonds. The molecule has 0 fully saturated rings. The molecular formula is C28H29N3O3S. The number of nitrogens with one attached hydrogen (secondary N) is 2. The lowest BCUT2D eigenvalue weighted by atomic mass is 10.1. The van der Waals surface area contributed by atoms with Gasteiger partial charge in [0.2, 0.25) is 5.91 Å². The summed E-state index contributed by atoms with van der Waals surface area (Å²) in [6.07, 6.45) is 2.05. The van der Waals surface area contributed by atoms with Crippen LogP contribution in [0, 0.1) is 13.8 Å². The van der Waals surface area contributed by atoms with E-state index in [2.05, 4.69) is 39.6 Å². The van der Waals surface area contributed by atoms with Gasteiger partial charge >= 0.3 is 0 Å². The zero-order valence-electron chi connectivity index (χ0n) is 20.1. The Morgan fingerprint density at radius 3 is 2.51 bits per heavy atom. The molecule has 0 bridgehead atoms. The summed E-state index contributed by atoms with van der Waals surface area (Å²) in [7, 11) is 1.60. The number of hydrogen-bond acceptors (Lipinski definition) is 4. The Balaban J connectivity index is 1.37. The topological polar surface area (TPSA) is 72.4 Å². The summed E-state index contributed by atoms with van der Waals surface area (Å²) in [5, 5.41) is 7.08. The van der Waals surface area contributed by atoms with Crippen LogP contribution in [0.2, 0.25) is 0 Å². The largest absolute Gasteiger partial charge is 0.497 e. The normalized spacial score (nSPS) is 10.8. The van der Waals surface area contributed by atoms with Gasteiger partial charge in [-0.2, -0.15) is 0 Å². The number of carbonyl (C=O) groups excluding carboxylic acids is 2. The minimum absolute atomic E-state index is 0.0365. The van der Waals surface area contributed by atoms with Gasteiger partial charge in [0.05, 0.1) is 12.9 Å². The Morgan fingerprint density at radius 2 is 1.77 bits per heavy atom. The summed E-state index contributed by atoms with van der Waals surface area (Å²) in [5.74, 6) is 0.871. The van der Waals surface area contributed by atoms with Crippen molar-refractivity contribution in [3.05, 3.63) is 89.6 Å². The fourth-order valence-corrected chi connectivity index (χ4v) is 4.82. The standard InChI is InChI=1S/C28H29N3O3S/c1-19-8-13-24(20(2)16-19)30-27(32)18-35-26-17-31(25-7-5-4-6-23(25)26)15-14-29-28(33)21-9-11-22(34-3)12-10-21/h4-13,16-17H,14-15,18H2,1-3H3,(H,29,33)(H,30,32). The molecule has 0 aliphatic heterocycles. The highest BCUT2D eigenvalue weighted by atomic mass is 32.2. The molecule has 7 heteroatoms. The van der Waals surface area contributed by atoms with Crippen LogP contribution in [0.4, 0.5) is 5.69 Å². The SMILES string of the molecule is COc1ccc(C(=O)NCCn2cc(SCC(=O)Nc3ccc(C)cc3C)c3ccccc32)cc1.